The lowest BCUT2D eigenvalue weighted by atomic mass is 10.0. The molecule has 1 unspecified atom stereocenters. The molecule has 2 atom stereocenters. The Morgan fingerprint density at radius 3 is 2.44 bits per heavy atom. The van der Waals surface area contributed by atoms with Gasteiger partial charge in [-0.2, -0.15) is 0 Å². The van der Waals surface area contributed by atoms with E-state index >= 15 is 0 Å². The van der Waals surface area contributed by atoms with E-state index in [9.17, 15) is 9.59 Å². The first kappa shape index (κ1) is 13.4. The second kappa shape index (κ2) is 4.90. The molecule has 4 nitrogen and oxygen atoms in total. The van der Waals surface area contributed by atoms with Crippen molar-refractivity contribution in [2.75, 3.05) is 0 Å². The van der Waals surface area contributed by atoms with Gasteiger partial charge in [0.25, 0.3) is 0 Å². The molecule has 2 N–H and O–H groups in total. The first-order chi connectivity index (χ1) is 8.44. The lowest BCUT2D eigenvalue weighted by molar-refractivity contribution is -0.142. The summed E-state index contributed by atoms with van der Waals surface area (Å²) in [6.07, 6.45) is 6.20. The third-order valence-corrected chi connectivity index (χ3v) is 4.43. The number of rotatable bonds is 5. The van der Waals surface area contributed by atoms with Gasteiger partial charge in [-0.1, -0.05) is 26.7 Å². The Morgan fingerprint density at radius 1 is 1.33 bits per heavy atom. The highest BCUT2D eigenvalue weighted by atomic mass is 16.4. The maximum atomic E-state index is 12.1. The van der Waals surface area contributed by atoms with Gasteiger partial charge in [-0.25, -0.2) is 4.79 Å². The summed E-state index contributed by atoms with van der Waals surface area (Å²) in [6, 6.07) is -0.725. The Morgan fingerprint density at radius 2 is 1.94 bits per heavy atom. The molecular weight excluding hydrogens is 230 g/mol. The SMILES string of the molecule is CC(C)C[C@H](NC(=O)C1CC12CCCC2)C(=O)O. The number of hydrogen-bond acceptors (Lipinski definition) is 2. The van der Waals surface area contributed by atoms with Gasteiger partial charge in [0.2, 0.25) is 5.91 Å². The molecule has 0 bridgehead atoms. The van der Waals surface area contributed by atoms with Crippen LogP contribution in [0.5, 0.6) is 0 Å². The zero-order valence-corrected chi connectivity index (χ0v) is 11.2. The van der Waals surface area contributed by atoms with Gasteiger partial charge < -0.3 is 10.4 Å². The van der Waals surface area contributed by atoms with E-state index in [1.807, 2.05) is 13.8 Å². The molecule has 1 spiro atoms. The molecule has 2 aliphatic carbocycles. The Kier molecular flexibility index (Phi) is 3.64. The second-order valence-corrected chi connectivity index (χ2v) is 6.36. The van der Waals surface area contributed by atoms with Gasteiger partial charge in [0.05, 0.1) is 0 Å². The van der Waals surface area contributed by atoms with Crippen LogP contribution in [0.25, 0.3) is 0 Å². The Labute approximate surface area is 108 Å². The smallest absolute Gasteiger partial charge is 0.326 e. The van der Waals surface area contributed by atoms with Gasteiger partial charge in [-0.05, 0) is 37.0 Å². The van der Waals surface area contributed by atoms with Crippen LogP contribution in [0.2, 0.25) is 0 Å². The van der Waals surface area contributed by atoms with Crippen LogP contribution in [0.15, 0.2) is 0 Å². The minimum absolute atomic E-state index is 0.0371. The summed E-state index contributed by atoms with van der Waals surface area (Å²) in [5, 5.41) is 11.8. The third-order valence-electron chi connectivity index (χ3n) is 4.43. The summed E-state index contributed by atoms with van der Waals surface area (Å²) in [4.78, 5) is 23.2. The molecule has 18 heavy (non-hydrogen) atoms. The van der Waals surface area contributed by atoms with Crippen LogP contribution in [0, 0.1) is 17.3 Å². The van der Waals surface area contributed by atoms with Gasteiger partial charge in [0, 0.05) is 5.92 Å². The van der Waals surface area contributed by atoms with Crippen molar-refractivity contribution in [2.24, 2.45) is 17.3 Å². The average Bonchev–Trinajstić information content (AvgIpc) is 2.75. The summed E-state index contributed by atoms with van der Waals surface area (Å²) < 4.78 is 0. The summed E-state index contributed by atoms with van der Waals surface area (Å²) >= 11 is 0. The fourth-order valence-electron chi connectivity index (χ4n) is 3.32. The first-order valence-electron chi connectivity index (χ1n) is 6.98. The lowest BCUT2D eigenvalue weighted by Crippen LogP contribution is -2.43. The number of carboxylic acid groups (broad SMARTS) is 1. The zero-order chi connectivity index (χ0) is 13.3. The van der Waals surface area contributed by atoms with Crippen molar-refractivity contribution in [2.45, 2.75) is 58.4 Å². The van der Waals surface area contributed by atoms with Crippen molar-refractivity contribution in [3.05, 3.63) is 0 Å². The molecule has 0 saturated heterocycles. The molecule has 102 valence electrons. The number of hydrogen-bond donors (Lipinski definition) is 2. The van der Waals surface area contributed by atoms with E-state index in [1.165, 1.54) is 12.8 Å². The van der Waals surface area contributed by atoms with Gasteiger partial charge in [-0.15, -0.1) is 0 Å². The molecule has 2 rings (SSSR count). The zero-order valence-electron chi connectivity index (χ0n) is 11.2. The van der Waals surface area contributed by atoms with Crippen LogP contribution in [-0.2, 0) is 9.59 Å². The predicted octanol–water partition coefficient (Wildman–Crippen LogP) is 2.18. The van der Waals surface area contributed by atoms with Crippen LogP contribution in [0.1, 0.15) is 52.4 Å². The van der Waals surface area contributed by atoms with Crippen LogP contribution >= 0.6 is 0 Å². The Bertz CT molecular complexity index is 345. The summed E-state index contributed by atoms with van der Waals surface area (Å²) in [6.45, 7) is 3.94. The summed E-state index contributed by atoms with van der Waals surface area (Å²) in [5.41, 5.74) is 0.241. The van der Waals surface area contributed by atoms with Crippen molar-refractivity contribution in [1.82, 2.24) is 5.32 Å². The third kappa shape index (κ3) is 2.68. The Hall–Kier alpha value is -1.06. The molecule has 2 saturated carbocycles. The molecule has 0 aliphatic heterocycles. The van der Waals surface area contributed by atoms with Crippen LogP contribution in [-0.4, -0.2) is 23.0 Å². The van der Waals surface area contributed by atoms with E-state index in [-0.39, 0.29) is 23.2 Å². The normalized spacial score (nSPS) is 26.3. The summed E-state index contributed by atoms with van der Waals surface area (Å²) in [5.74, 6) is -0.608. The number of amides is 1. The van der Waals surface area contributed by atoms with E-state index < -0.39 is 12.0 Å². The molecule has 1 amide bonds. The van der Waals surface area contributed by atoms with Crippen molar-refractivity contribution in [3.63, 3.8) is 0 Å². The maximum absolute atomic E-state index is 12.1. The number of carbonyl (C=O) groups is 2. The van der Waals surface area contributed by atoms with Crippen LogP contribution in [0.4, 0.5) is 0 Å². The number of carboxylic acids is 1. The molecule has 0 heterocycles. The fourth-order valence-corrected chi connectivity index (χ4v) is 3.32. The van der Waals surface area contributed by atoms with E-state index in [4.69, 9.17) is 5.11 Å². The van der Waals surface area contributed by atoms with E-state index in [2.05, 4.69) is 5.32 Å². The van der Waals surface area contributed by atoms with E-state index in [0.29, 0.717) is 6.42 Å². The average molecular weight is 253 g/mol. The molecule has 4 heteroatoms. The van der Waals surface area contributed by atoms with Crippen molar-refractivity contribution in [1.29, 1.82) is 0 Å². The highest BCUT2D eigenvalue weighted by molar-refractivity contribution is 5.87. The van der Waals surface area contributed by atoms with Gasteiger partial charge in [0.15, 0.2) is 0 Å². The van der Waals surface area contributed by atoms with Gasteiger partial charge in [0.1, 0.15) is 6.04 Å². The molecule has 0 aromatic rings. The monoisotopic (exact) mass is 253 g/mol. The largest absolute Gasteiger partial charge is 0.480 e. The minimum Gasteiger partial charge on any atom is -0.480 e. The van der Waals surface area contributed by atoms with Gasteiger partial charge >= 0.3 is 5.97 Å². The number of carbonyl (C=O) groups excluding carboxylic acids is 1. The van der Waals surface area contributed by atoms with Crippen molar-refractivity contribution < 1.29 is 14.7 Å². The molecule has 0 aromatic carbocycles. The molecule has 0 radical (unpaired) electrons. The molecule has 0 aromatic heterocycles. The van der Waals surface area contributed by atoms with Gasteiger partial charge in [-0.3, -0.25) is 4.79 Å². The fraction of sp³-hybridized carbons (Fsp3) is 0.857. The minimum atomic E-state index is -0.918. The Balaban J connectivity index is 1.88. The van der Waals surface area contributed by atoms with Crippen molar-refractivity contribution in [3.8, 4) is 0 Å². The molecule has 2 fully saturated rings. The second-order valence-electron chi connectivity index (χ2n) is 6.36. The topological polar surface area (TPSA) is 66.4 Å². The van der Waals surface area contributed by atoms with E-state index in [0.717, 1.165) is 19.3 Å². The van der Waals surface area contributed by atoms with Crippen LogP contribution in [0.3, 0.4) is 0 Å². The molecular formula is C14H23NO3. The quantitative estimate of drug-likeness (QED) is 0.789. The molecule has 2 aliphatic rings. The van der Waals surface area contributed by atoms with E-state index in [1.54, 1.807) is 0 Å². The number of nitrogens with one attached hydrogen (secondary N) is 1. The lowest BCUT2D eigenvalue weighted by Gasteiger charge is -2.17. The number of aliphatic carboxylic acids is 1. The predicted molar refractivity (Wildman–Crippen MR) is 68.0 cm³/mol. The van der Waals surface area contributed by atoms with Crippen LogP contribution < -0.4 is 5.32 Å². The highest BCUT2D eigenvalue weighted by Gasteiger charge is 2.58. The first-order valence-corrected chi connectivity index (χ1v) is 6.98. The highest BCUT2D eigenvalue weighted by Crippen LogP contribution is 2.62. The summed E-state index contributed by atoms with van der Waals surface area (Å²) in [7, 11) is 0. The standard InChI is InChI=1S/C14H23NO3/c1-9(2)7-11(13(17)18)15-12(16)10-8-14(10)5-3-4-6-14/h9-11H,3-8H2,1-2H3,(H,15,16)(H,17,18)/t10?,11-/m0/s1. The maximum Gasteiger partial charge on any atom is 0.326 e. The van der Waals surface area contributed by atoms with Crippen molar-refractivity contribution >= 4 is 11.9 Å².